The summed E-state index contributed by atoms with van der Waals surface area (Å²) in [5.74, 6) is 0.651. The Morgan fingerprint density at radius 2 is 1.91 bits per heavy atom. The third-order valence-electron chi connectivity index (χ3n) is 5.05. The Bertz CT molecular complexity index is 600. The highest BCUT2D eigenvalue weighted by Crippen LogP contribution is 2.36. The van der Waals surface area contributed by atoms with Gasteiger partial charge >= 0.3 is 0 Å². The van der Waals surface area contributed by atoms with Gasteiger partial charge in [0.15, 0.2) is 0 Å². The molecule has 1 saturated heterocycles. The van der Waals surface area contributed by atoms with E-state index in [1.165, 1.54) is 19.3 Å². The zero-order chi connectivity index (χ0) is 15.1. The largest absolute Gasteiger partial charge is 0.311 e. The van der Waals surface area contributed by atoms with Crippen LogP contribution in [0.1, 0.15) is 31.2 Å². The Labute approximate surface area is 135 Å². The third kappa shape index (κ3) is 2.40. The molecule has 0 bridgehead atoms. The van der Waals surface area contributed by atoms with Crippen LogP contribution in [0.25, 0.3) is 0 Å². The van der Waals surface area contributed by atoms with E-state index in [0.717, 1.165) is 17.0 Å². The summed E-state index contributed by atoms with van der Waals surface area (Å²) in [4.78, 5) is 14.7. The number of halogens is 1. The second-order valence-corrected chi connectivity index (χ2v) is 6.86. The molecule has 4 rings (SSSR count). The summed E-state index contributed by atoms with van der Waals surface area (Å²) in [5.41, 5.74) is 4.60. The summed E-state index contributed by atoms with van der Waals surface area (Å²) in [5, 5.41) is 2.75. The zero-order valence-corrected chi connectivity index (χ0v) is 13.2. The summed E-state index contributed by atoms with van der Waals surface area (Å²) in [7, 11) is 0. The number of carbonyl (C=O) groups is 1. The summed E-state index contributed by atoms with van der Waals surface area (Å²) in [6, 6.07) is 8.12. The van der Waals surface area contributed by atoms with Gasteiger partial charge in [-0.1, -0.05) is 36.6 Å². The maximum absolute atomic E-state index is 12.9. The standard InChI is InChI=1S/C17H20ClN3O/c18-13-7-5-12(6-8-13)11-20-9-10-21-16(17(20)22)14-3-1-2-4-15(14)19-21/h5-10,14-16,19H,1-4,11H2. The van der Waals surface area contributed by atoms with Crippen molar-refractivity contribution in [2.24, 2.45) is 5.92 Å². The molecule has 1 aromatic rings. The number of nitrogens with zero attached hydrogens (tertiary/aromatic N) is 2. The predicted octanol–water partition coefficient (Wildman–Crippen LogP) is 2.90. The number of hydrazine groups is 1. The number of carbonyl (C=O) groups excluding carboxylic acids is 1. The highest BCUT2D eigenvalue weighted by Gasteiger charge is 2.47. The van der Waals surface area contributed by atoms with Gasteiger partial charge in [0, 0.05) is 29.4 Å². The van der Waals surface area contributed by atoms with Crippen molar-refractivity contribution in [2.75, 3.05) is 0 Å². The lowest BCUT2D eigenvalue weighted by molar-refractivity contribution is -0.136. The smallest absolute Gasteiger partial charge is 0.251 e. The molecule has 1 amide bonds. The van der Waals surface area contributed by atoms with Gasteiger partial charge in [0.2, 0.25) is 0 Å². The van der Waals surface area contributed by atoms with E-state index >= 15 is 0 Å². The Morgan fingerprint density at radius 3 is 2.73 bits per heavy atom. The molecule has 3 atom stereocenters. The van der Waals surface area contributed by atoms with Crippen LogP contribution in [-0.4, -0.2) is 27.9 Å². The molecule has 1 aliphatic carbocycles. The average Bonchev–Trinajstić information content (AvgIpc) is 2.91. The van der Waals surface area contributed by atoms with Gasteiger partial charge in [0.25, 0.3) is 5.91 Å². The molecule has 1 N–H and O–H groups in total. The number of fused-ring (bicyclic) bond motifs is 3. The lowest BCUT2D eigenvalue weighted by atomic mass is 9.81. The fourth-order valence-corrected chi connectivity index (χ4v) is 4.05. The first kappa shape index (κ1) is 14.1. The molecular formula is C17H20ClN3O. The lowest BCUT2D eigenvalue weighted by Gasteiger charge is -2.34. The molecule has 5 heteroatoms. The first-order chi connectivity index (χ1) is 10.7. The van der Waals surface area contributed by atoms with Crippen molar-refractivity contribution in [1.29, 1.82) is 0 Å². The van der Waals surface area contributed by atoms with E-state index in [-0.39, 0.29) is 11.9 Å². The molecule has 3 unspecified atom stereocenters. The number of rotatable bonds is 2. The summed E-state index contributed by atoms with van der Waals surface area (Å²) in [6.45, 7) is 0.605. The Balaban J connectivity index is 1.53. The van der Waals surface area contributed by atoms with Gasteiger partial charge in [0.05, 0.1) is 6.54 Å². The first-order valence-corrected chi connectivity index (χ1v) is 8.38. The highest BCUT2D eigenvalue weighted by atomic mass is 35.5. The minimum atomic E-state index is -0.0393. The summed E-state index contributed by atoms with van der Waals surface area (Å²) in [6.07, 6.45) is 8.73. The second-order valence-electron chi connectivity index (χ2n) is 6.43. The van der Waals surface area contributed by atoms with Crippen LogP contribution < -0.4 is 5.43 Å². The van der Waals surface area contributed by atoms with E-state index < -0.39 is 0 Å². The molecule has 1 saturated carbocycles. The predicted molar refractivity (Wildman–Crippen MR) is 85.7 cm³/mol. The van der Waals surface area contributed by atoms with Crippen molar-refractivity contribution in [3.05, 3.63) is 47.3 Å². The van der Waals surface area contributed by atoms with Crippen molar-refractivity contribution in [1.82, 2.24) is 15.3 Å². The van der Waals surface area contributed by atoms with E-state index in [1.807, 2.05) is 46.6 Å². The molecule has 2 fully saturated rings. The van der Waals surface area contributed by atoms with Gasteiger partial charge in [-0.05, 0) is 30.5 Å². The van der Waals surface area contributed by atoms with Gasteiger partial charge in [-0.2, -0.15) is 0 Å². The van der Waals surface area contributed by atoms with Crippen LogP contribution in [0.3, 0.4) is 0 Å². The SMILES string of the molecule is O=C1C2C3CCCCC3NN2C=CN1Cc1ccc(Cl)cc1. The van der Waals surface area contributed by atoms with Gasteiger partial charge in [-0.15, -0.1) is 0 Å². The Hall–Kier alpha value is -1.52. The molecule has 4 nitrogen and oxygen atoms in total. The molecule has 2 aliphatic heterocycles. The van der Waals surface area contributed by atoms with E-state index in [1.54, 1.807) is 0 Å². The topological polar surface area (TPSA) is 35.6 Å². The summed E-state index contributed by atoms with van der Waals surface area (Å²) >= 11 is 5.92. The zero-order valence-electron chi connectivity index (χ0n) is 12.4. The van der Waals surface area contributed by atoms with E-state index in [9.17, 15) is 4.79 Å². The average molecular weight is 318 g/mol. The van der Waals surface area contributed by atoms with Crippen molar-refractivity contribution >= 4 is 17.5 Å². The maximum Gasteiger partial charge on any atom is 0.251 e. The van der Waals surface area contributed by atoms with E-state index in [0.29, 0.717) is 18.5 Å². The van der Waals surface area contributed by atoms with E-state index in [2.05, 4.69) is 5.43 Å². The molecule has 22 heavy (non-hydrogen) atoms. The number of nitrogens with one attached hydrogen (secondary N) is 1. The monoisotopic (exact) mass is 317 g/mol. The highest BCUT2D eigenvalue weighted by molar-refractivity contribution is 6.30. The van der Waals surface area contributed by atoms with Crippen molar-refractivity contribution in [2.45, 2.75) is 44.3 Å². The van der Waals surface area contributed by atoms with Crippen LogP contribution in [0.15, 0.2) is 36.7 Å². The minimum Gasteiger partial charge on any atom is -0.311 e. The molecular weight excluding hydrogens is 298 g/mol. The normalized spacial score (nSPS) is 30.4. The number of hydrogen-bond donors (Lipinski definition) is 1. The van der Waals surface area contributed by atoms with Gasteiger partial charge in [-0.3, -0.25) is 4.79 Å². The second kappa shape index (κ2) is 5.60. The van der Waals surface area contributed by atoms with Gasteiger partial charge in [0.1, 0.15) is 6.04 Å². The number of amides is 1. The van der Waals surface area contributed by atoms with E-state index in [4.69, 9.17) is 11.6 Å². The minimum absolute atomic E-state index is 0.0393. The number of hydrogen-bond acceptors (Lipinski definition) is 3. The van der Waals surface area contributed by atoms with Crippen LogP contribution in [0.4, 0.5) is 0 Å². The molecule has 116 valence electrons. The lowest BCUT2D eigenvalue weighted by Crippen LogP contribution is -2.49. The van der Waals surface area contributed by atoms with Crippen LogP contribution in [0.5, 0.6) is 0 Å². The molecule has 1 aromatic carbocycles. The molecule has 0 spiro atoms. The van der Waals surface area contributed by atoms with Crippen molar-refractivity contribution in [3.63, 3.8) is 0 Å². The van der Waals surface area contributed by atoms with Gasteiger partial charge in [-0.25, -0.2) is 5.43 Å². The number of benzene rings is 1. The first-order valence-electron chi connectivity index (χ1n) is 8.00. The van der Waals surface area contributed by atoms with Crippen LogP contribution in [-0.2, 0) is 11.3 Å². The Kier molecular flexibility index (Phi) is 3.59. The third-order valence-corrected chi connectivity index (χ3v) is 5.30. The maximum atomic E-state index is 12.9. The fourth-order valence-electron chi connectivity index (χ4n) is 3.93. The van der Waals surface area contributed by atoms with Crippen LogP contribution >= 0.6 is 11.6 Å². The Morgan fingerprint density at radius 1 is 1.14 bits per heavy atom. The quantitative estimate of drug-likeness (QED) is 0.911. The van der Waals surface area contributed by atoms with Crippen LogP contribution in [0.2, 0.25) is 5.02 Å². The molecule has 0 aromatic heterocycles. The fraction of sp³-hybridized carbons (Fsp3) is 0.471. The van der Waals surface area contributed by atoms with Crippen molar-refractivity contribution in [3.8, 4) is 0 Å². The molecule has 0 radical (unpaired) electrons. The van der Waals surface area contributed by atoms with Gasteiger partial charge < -0.3 is 9.91 Å². The van der Waals surface area contributed by atoms with Crippen LogP contribution in [0, 0.1) is 5.92 Å². The molecule has 2 heterocycles. The van der Waals surface area contributed by atoms with Crippen molar-refractivity contribution < 1.29 is 4.79 Å². The summed E-state index contributed by atoms with van der Waals surface area (Å²) < 4.78 is 0. The molecule has 3 aliphatic rings.